The Hall–Kier alpha value is -1.94. The van der Waals surface area contributed by atoms with Gasteiger partial charge in [-0.1, -0.05) is 12.1 Å². The molecule has 1 aromatic heterocycles. The third-order valence-electron chi connectivity index (χ3n) is 2.97. The van der Waals surface area contributed by atoms with Crippen LogP contribution in [0, 0.1) is 0 Å². The standard InChI is InChI=1S/C15H12BrNO2/c16-13-3-1-2-4-15(13)19-9-10-8-17-14-7-11(18)5-6-12(10)14/h1-8,17-18H,9H2. The summed E-state index contributed by atoms with van der Waals surface area (Å²) < 4.78 is 6.73. The quantitative estimate of drug-likeness (QED) is 0.759. The second-order valence-electron chi connectivity index (χ2n) is 4.26. The van der Waals surface area contributed by atoms with E-state index in [0.717, 1.165) is 26.7 Å². The molecule has 3 aromatic rings. The van der Waals surface area contributed by atoms with Crippen molar-refractivity contribution < 1.29 is 9.84 Å². The summed E-state index contributed by atoms with van der Waals surface area (Å²) in [5.74, 6) is 1.07. The lowest BCUT2D eigenvalue weighted by Crippen LogP contribution is -1.94. The minimum atomic E-state index is 0.257. The highest BCUT2D eigenvalue weighted by Crippen LogP contribution is 2.27. The monoisotopic (exact) mass is 317 g/mol. The van der Waals surface area contributed by atoms with Gasteiger partial charge in [-0.25, -0.2) is 0 Å². The van der Waals surface area contributed by atoms with Gasteiger partial charge in [-0.2, -0.15) is 0 Å². The highest BCUT2D eigenvalue weighted by molar-refractivity contribution is 9.10. The Balaban J connectivity index is 1.84. The molecule has 0 atom stereocenters. The molecule has 0 spiro atoms. The molecule has 0 saturated carbocycles. The summed E-state index contributed by atoms with van der Waals surface area (Å²) in [6.45, 7) is 0.480. The van der Waals surface area contributed by atoms with Crippen LogP contribution >= 0.6 is 15.9 Å². The first-order valence-corrected chi connectivity index (χ1v) is 6.69. The van der Waals surface area contributed by atoms with E-state index in [1.807, 2.05) is 36.5 Å². The average Bonchev–Trinajstić information content (AvgIpc) is 2.80. The first-order valence-electron chi connectivity index (χ1n) is 5.90. The van der Waals surface area contributed by atoms with Crippen molar-refractivity contribution in [2.45, 2.75) is 6.61 Å². The minimum absolute atomic E-state index is 0.257. The molecular weight excluding hydrogens is 306 g/mol. The van der Waals surface area contributed by atoms with Gasteiger partial charge in [-0.15, -0.1) is 0 Å². The number of hydrogen-bond acceptors (Lipinski definition) is 2. The van der Waals surface area contributed by atoms with Crippen molar-refractivity contribution in [1.29, 1.82) is 0 Å². The third-order valence-corrected chi connectivity index (χ3v) is 3.63. The average molecular weight is 318 g/mol. The summed E-state index contributed by atoms with van der Waals surface area (Å²) in [6.07, 6.45) is 1.90. The second kappa shape index (κ2) is 4.97. The molecule has 0 radical (unpaired) electrons. The van der Waals surface area contributed by atoms with Crippen molar-refractivity contribution in [3.8, 4) is 11.5 Å². The van der Waals surface area contributed by atoms with Gasteiger partial charge in [0.1, 0.15) is 18.1 Å². The maximum Gasteiger partial charge on any atom is 0.133 e. The number of rotatable bonds is 3. The number of fused-ring (bicyclic) bond motifs is 1. The van der Waals surface area contributed by atoms with E-state index in [1.54, 1.807) is 12.1 Å². The van der Waals surface area contributed by atoms with Crippen LogP contribution in [0.4, 0.5) is 0 Å². The lowest BCUT2D eigenvalue weighted by atomic mass is 10.2. The van der Waals surface area contributed by atoms with Crippen molar-refractivity contribution in [2.75, 3.05) is 0 Å². The molecule has 2 N–H and O–H groups in total. The number of H-pyrrole nitrogens is 1. The summed E-state index contributed by atoms with van der Waals surface area (Å²) in [5.41, 5.74) is 1.97. The van der Waals surface area contributed by atoms with E-state index in [1.165, 1.54) is 0 Å². The number of aromatic nitrogens is 1. The number of phenols is 1. The number of benzene rings is 2. The molecule has 0 bridgehead atoms. The maximum atomic E-state index is 9.43. The lowest BCUT2D eigenvalue weighted by molar-refractivity contribution is 0.305. The topological polar surface area (TPSA) is 45.2 Å². The Morgan fingerprint density at radius 3 is 2.84 bits per heavy atom. The van der Waals surface area contributed by atoms with Crippen LogP contribution < -0.4 is 4.74 Å². The molecule has 0 aliphatic heterocycles. The van der Waals surface area contributed by atoms with Gasteiger partial charge in [0, 0.05) is 28.7 Å². The Kier molecular flexibility index (Phi) is 3.17. The molecule has 0 unspecified atom stereocenters. The molecule has 0 aliphatic carbocycles. The molecule has 0 amide bonds. The fraction of sp³-hybridized carbons (Fsp3) is 0.0667. The summed E-state index contributed by atoms with van der Waals surface area (Å²) in [5, 5.41) is 10.5. The zero-order chi connectivity index (χ0) is 13.2. The minimum Gasteiger partial charge on any atom is -0.508 e. The number of aromatic hydroxyl groups is 1. The van der Waals surface area contributed by atoms with Crippen molar-refractivity contribution in [3.63, 3.8) is 0 Å². The van der Waals surface area contributed by atoms with Crippen LogP contribution in [-0.2, 0) is 6.61 Å². The smallest absolute Gasteiger partial charge is 0.133 e. The van der Waals surface area contributed by atoms with Gasteiger partial charge in [0.05, 0.1) is 4.47 Å². The third kappa shape index (κ3) is 2.44. The predicted octanol–water partition coefficient (Wildman–Crippen LogP) is 4.22. The Morgan fingerprint density at radius 2 is 2.00 bits per heavy atom. The highest BCUT2D eigenvalue weighted by Gasteiger charge is 2.06. The normalized spacial score (nSPS) is 10.8. The predicted molar refractivity (Wildman–Crippen MR) is 78.4 cm³/mol. The molecule has 0 fully saturated rings. The molecule has 1 heterocycles. The molecule has 3 nitrogen and oxygen atoms in total. The van der Waals surface area contributed by atoms with Gasteiger partial charge in [0.2, 0.25) is 0 Å². The summed E-state index contributed by atoms with van der Waals surface area (Å²) in [7, 11) is 0. The second-order valence-corrected chi connectivity index (χ2v) is 5.12. The van der Waals surface area contributed by atoms with Crippen molar-refractivity contribution in [2.24, 2.45) is 0 Å². The number of aromatic amines is 1. The zero-order valence-corrected chi connectivity index (χ0v) is 11.6. The van der Waals surface area contributed by atoms with Crippen LogP contribution in [0.25, 0.3) is 10.9 Å². The molecule has 96 valence electrons. The van der Waals surface area contributed by atoms with Gasteiger partial charge in [-0.3, -0.25) is 0 Å². The summed E-state index contributed by atoms with van der Waals surface area (Å²) in [4.78, 5) is 3.13. The Bertz CT molecular complexity index is 721. The molecule has 0 aliphatic rings. The van der Waals surface area contributed by atoms with E-state index in [2.05, 4.69) is 20.9 Å². The first-order chi connectivity index (χ1) is 9.24. The van der Waals surface area contributed by atoms with Gasteiger partial charge in [-0.05, 0) is 40.2 Å². The van der Waals surface area contributed by atoms with Crippen molar-refractivity contribution in [3.05, 3.63) is 58.7 Å². The van der Waals surface area contributed by atoms with E-state index in [9.17, 15) is 5.11 Å². The Labute approximate surface area is 119 Å². The van der Waals surface area contributed by atoms with Gasteiger partial charge in [0.25, 0.3) is 0 Å². The highest BCUT2D eigenvalue weighted by atomic mass is 79.9. The molecular formula is C15H12BrNO2. The first kappa shape index (κ1) is 12.1. The number of halogens is 1. The lowest BCUT2D eigenvalue weighted by Gasteiger charge is -2.07. The zero-order valence-electron chi connectivity index (χ0n) is 10.1. The fourth-order valence-electron chi connectivity index (χ4n) is 2.01. The van der Waals surface area contributed by atoms with Crippen molar-refractivity contribution >= 4 is 26.8 Å². The number of hydrogen-bond donors (Lipinski definition) is 2. The van der Waals surface area contributed by atoms with E-state index in [0.29, 0.717) is 6.61 Å². The number of ether oxygens (including phenoxy) is 1. The van der Waals surface area contributed by atoms with Crippen LogP contribution in [0.15, 0.2) is 53.1 Å². The Morgan fingerprint density at radius 1 is 1.16 bits per heavy atom. The van der Waals surface area contributed by atoms with Crippen molar-refractivity contribution in [1.82, 2.24) is 4.98 Å². The van der Waals surface area contributed by atoms with E-state index >= 15 is 0 Å². The van der Waals surface area contributed by atoms with E-state index in [4.69, 9.17) is 4.74 Å². The molecule has 19 heavy (non-hydrogen) atoms. The molecule has 3 rings (SSSR count). The van der Waals surface area contributed by atoms with Crippen LogP contribution in [0.2, 0.25) is 0 Å². The number of phenolic OH excluding ortho intramolecular Hbond substituents is 1. The fourth-order valence-corrected chi connectivity index (χ4v) is 2.41. The van der Waals surface area contributed by atoms with Gasteiger partial charge in [0.15, 0.2) is 0 Å². The summed E-state index contributed by atoms with van der Waals surface area (Å²) >= 11 is 3.45. The van der Waals surface area contributed by atoms with E-state index < -0.39 is 0 Å². The number of nitrogens with one attached hydrogen (secondary N) is 1. The van der Waals surface area contributed by atoms with Crippen LogP contribution in [0.1, 0.15) is 5.56 Å². The summed E-state index contributed by atoms with van der Waals surface area (Å²) in [6, 6.07) is 13.0. The molecule has 2 aromatic carbocycles. The van der Waals surface area contributed by atoms with Crippen LogP contribution in [-0.4, -0.2) is 10.1 Å². The largest absolute Gasteiger partial charge is 0.508 e. The maximum absolute atomic E-state index is 9.43. The van der Waals surface area contributed by atoms with Crippen LogP contribution in [0.5, 0.6) is 11.5 Å². The molecule has 0 saturated heterocycles. The van der Waals surface area contributed by atoms with E-state index in [-0.39, 0.29) is 5.75 Å². The number of para-hydroxylation sites is 1. The van der Waals surface area contributed by atoms with Gasteiger partial charge >= 0.3 is 0 Å². The molecule has 4 heteroatoms. The van der Waals surface area contributed by atoms with Gasteiger partial charge < -0.3 is 14.8 Å². The SMILES string of the molecule is Oc1ccc2c(COc3ccccc3Br)c[nH]c2c1. The van der Waals surface area contributed by atoms with Crippen LogP contribution in [0.3, 0.4) is 0 Å².